The summed E-state index contributed by atoms with van der Waals surface area (Å²) < 4.78 is 11.1. The standard InChI is InChI=1S/C17H16O2/c1-11-2-5-15-16-7-12(14-8-18-9-14)3-4-13(16)10-19-17(15)6-11/h2-7,14H,8-10H2,1H3. The second-order valence-corrected chi connectivity index (χ2v) is 5.44. The highest BCUT2D eigenvalue weighted by Gasteiger charge is 2.23. The molecule has 0 bridgehead atoms. The van der Waals surface area contributed by atoms with Crippen LogP contribution in [-0.4, -0.2) is 13.2 Å². The van der Waals surface area contributed by atoms with Crippen molar-refractivity contribution in [3.05, 3.63) is 53.1 Å². The molecule has 19 heavy (non-hydrogen) atoms. The van der Waals surface area contributed by atoms with Crippen LogP contribution in [-0.2, 0) is 11.3 Å². The summed E-state index contributed by atoms with van der Waals surface area (Å²) in [7, 11) is 0. The molecule has 0 radical (unpaired) electrons. The van der Waals surface area contributed by atoms with Crippen LogP contribution in [0.3, 0.4) is 0 Å². The normalized spacial score (nSPS) is 17.1. The lowest BCUT2D eigenvalue weighted by Gasteiger charge is -2.28. The van der Waals surface area contributed by atoms with E-state index in [4.69, 9.17) is 9.47 Å². The molecular weight excluding hydrogens is 236 g/mol. The molecule has 96 valence electrons. The van der Waals surface area contributed by atoms with Crippen LogP contribution in [0.4, 0.5) is 0 Å². The molecule has 2 aromatic rings. The van der Waals surface area contributed by atoms with Gasteiger partial charge in [0.15, 0.2) is 0 Å². The summed E-state index contributed by atoms with van der Waals surface area (Å²) >= 11 is 0. The SMILES string of the molecule is Cc1ccc2c(c1)OCc1ccc(C3COC3)cc1-2. The predicted molar refractivity (Wildman–Crippen MR) is 74.5 cm³/mol. The van der Waals surface area contributed by atoms with E-state index >= 15 is 0 Å². The molecule has 1 fully saturated rings. The molecule has 0 saturated carbocycles. The van der Waals surface area contributed by atoms with Crippen LogP contribution in [0.5, 0.6) is 5.75 Å². The molecule has 2 aliphatic heterocycles. The zero-order valence-corrected chi connectivity index (χ0v) is 11.0. The number of ether oxygens (including phenoxy) is 2. The molecule has 0 unspecified atom stereocenters. The summed E-state index contributed by atoms with van der Waals surface area (Å²) in [5.41, 5.74) is 6.45. The lowest BCUT2D eigenvalue weighted by Crippen LogP contribution is -2.25. The Bertz CT molecular complexity index is 642. The fraction of sp³-hybridized carbons (Fsp3) is 0.294. The molecule has 4 rings (SSSR count). The zero-order valence-electron chi connectivity index (χ0n) is 11.0. The second kappa shape index (κ2) is 4.10. The molecule has 0 atom stereocenters. The summed E-state index contributed by atoms with van der Waals surface area (Å²) in [6.45, 7) is 4.49. The van der Waals surface area contributed by atoms with Gasteiger partial charge in [-0.1, -0.05) is 30.3 Å². The van der Waals surface area contributed by atoms with Gasteiger partial charge < -0.3 is 9.47 Å². The monoisotopic (exact) mass is 252 g/mol. The van der Waals surface area contributed by atoms with E-state index in [-0.39, 0.29) is 0 Å². The third-order valence-electron chi connectivity index (χ3n) is 4.05. The van der Waals surface area contributed by atoms with E-state index in [1.54, 1.807) is 0 Å². The molecule has 0 N–H and O–H groups in total. The first kappa shape index (κ1) is 11.1. The maximum Gasteiger partial charge on any atom is 0.127 e. The molecule has 0 spiro atoms. The minimum Gasteiger partial charge on any atom is -0.488 e. The van der Waals surface area contributed by atoms with Gasteiger partial charge in [0.25, 0.3) is 0 Å². The van der Waals surface area contributed by atoms with Crippen molar-refractivity contribution >= 4 is 0 Å². The summed E-state index contributed by atoms with van der Waals surface area (Å²) in [4.78, 5) is 0. The maximum atomic E-state index is 5.85. The summed E-state index contributed by atoms with van der Waals surface area (Å²) in [5, 5.41) is 0. The topological polar surface area (TPSA) is 18.5 Å². The number of aryl methyl sites for hydroxylation is 1. The molecule has 0 amide bonds. The van der Waals surface area contributed by atoms with Crippen LogP contribution < -0.4 is 4.74 Å². The lowest BCUT2D eigenvalue weighted by molar-refractivity contribution is 0.00842. The van der Waals surface area contributed by atoms with Gasteiger partial charge in [-0.15, -0.1) is 0 Å². The van der Waals surface area contributed by atoms with Crippen LogP contribution in [0, 0.1) is 6.92 Å². The van der Waals surface area contributed by atoms with Gasteiger partial charge in [0, 0.05) is 11.5 Å². The van der Waals surface area contributed by atoms with Crippen molar-refractivity contribution in [2.75, 3.05) is 13.2 Å². The number of rotatable bonds is 1. The summed E-state index contributed by atoms with van der Waals surface area (Å²) in [6.07, 6.45) is 0. The minimum absolute atomic E-state index is 0.571. The minimum atomic E-state index is 0.571. The van der Waals surface area contributed by atoms with Crippen molar-refractivity contribution in [2.45, 2.75) is 19.4 Å². The fourth-order valence-corrected chi connectivity index (χ4v) is 2.78. The van der Waals surface area contributed by atoms with Crippen molar-refractivity contribution in [2.24, 2.45) is 0 Å². The predicted octanol–water partition coefficient (Wildman–Crippen LogP) is 3.67. The molecule has 2 nitrogen and oxygen atoms in total. The van der Waals surface area contributed by atoms with Crippen LogP contribution >= 0.6 is 0 Å². The van der Waals surface area contributed by atoms with E-state index in [9.17, 15) is 0 Å². The van der Waals surface area contributed by atoms with Crippen LogP contribution in [0.2, 0.25) is 0 Å². The van der Waals surface area contributed by atoms with E-state index in [1.165, 1.54) is 27.8 Å². The molecule has 1 saturated heterocycles. The summed E-state index contributed by atoms with van der Waals surface area (Å²) in [6, 6.07) is 13.2. The van der Waals surface area contributed by atoms with Crippen molar-refractivity contribution in [3.8, 4) is 16.9 Å². The highest BCUT2D eigenvalue weighted by Crippen LogP contribution is 2.39. The van der Waals surface area contributed by atoms with Gasteiger partial charge in [0.1, 0.15) is 12.4 Å². The molecule has 2 heteroatoms. The smallest absolute Gasteiger partial charge is 0.127 e. The quantitative estimate of drug-likeness (QED) is 0.771. The Hall–Kier alpha value is -1.80. The first-order valence-corrected chi connectivity index (χ1v) is 6.75. The second-order valence-electron chi connectivity index (χ2n) is 5.44. The number of hydrogen-bond donors (Lipinski definition) is 0. The van der Waals surface area contributed by atoms with E-state index in [0.717, 1.165) is 19.0 Å². The number of benzene rings is 2. The zero-order chi connectivity index (χ0) is 12.8. The molecule has 0 aliphatic carbocycles. The van der Waals surface area contributed by atoms with Crippen molar-refractivity contribution in [1.82, 2.24) is 0 Å². The van der Waals surface area contributed by atoms with Gasteiger partial charge in [-0.2, -0.15) is 0 Å². The number of fused-ring (bicyclic) bond motifs is 3. The largest absolute Gasteiger partial charge is 0.488 e. The van der Waals surface area contributed by atoms with E-state index < -0.39 is 0 Å². The molecule has 2 aliphatic rings. The van der Waals surface area contributed by atoms with E-state index in [0.29, 0.717) is 12.5 Å². The van der Waals surface area contributed by atoms with Gasteiger partial charge in [-0.3, -0.25) is 0 Å². The van der Waals surface area contributed by atoms with Gasteiger partial charge >= 0.3 is 0 Å². The molecular formula is C17H16O2. The van der Waals surface area contributed by atoms with Crippen molar-refractivity contribution in [3.63, 3.8) is 0 Å². The van der Waals surface area contributed by atoms with Crippen LogP contribution in [0.1, 0.15) is 22.6 Å². The third kappa shape index (κ3) is 1.75. The third-order valence-corrected chi connectivity index (χ3v) is 4.05. The van der Waals surface area contributed by atoms with E-state index in [1.807, 2.05) is 0 Å². The Kier molecular flexibility index (Phi) is 2.39. The van der Waals surface area contributed by atoms with Gasteiger partial charge in [-0.05, 0) is 35.2 Å². The van der Waals surface area contributed by atoms with Crippen LogP contribution in [0.15, 0.2) is 36.4 Å². The van der Waals surface area contributed by atoms with Gasteiger partial charge in [0.2, 0.25) is 0 Å². The maximum absolute atomic E-state index is 5.85. The van der Waals surface area contributed by atoms with Crippen molar-refractivity contribution in [1.29, 1.82) is 0 Å². The van der Waals surface area contributed by atoms with Crippen molar-refractivity contribution < 1.29 is 9.47 Å². The molecule has 0 aromatic heterocycles. The van der Waals surface area contributed by atoms with Gasteiger partial charge in [-0.25, -0.2) is 0 Å². The van der Waals surface area contributed by atoms with Gasteiger partial charge in [0.05, 0.1) is 13.2 Å². The number of hydrogen-bond acceptors (Lipinski definition) is 2. The Morgan fingerprint density at radius 2 is 1.89 bits per heavy atom. The highest BCUT2D eigenvalue weighted by atomic mass is 16.5. The van der Waals surface area contributed by atoms with Crippen LogP contribution in [0.25, 0.3) is 11.1 Å². The molecule has 2 aromatic carbocycles. The Morgan fingerprint density at radius 1 is 1.00 bits per heavy atom. The first-order chi connectivity index (χ1) is 9.31. The first-order valence-electron chi connectivity index (χ1n) is 6.75. The average molecular weight is 252 g/mol. The molecule has 2 heterocycles. The fourth-order valence-electron chi connectivity index (χ4n) is 2.78. The van der Waals surface area contributed by atoms with E-state index in [2.05, 4.69) is 43.3 Å². The lowest BCUT2D eigenvalue weighted by atomic mass is 9.89. The Morgan fingerprint density at radius 3 is 2.68 bits per heavy atom. The Labute approximate surface area is 113 Å². The highest BCUT2D eigenvalue weighted by molar-refractivity contribution is 5.76. The Balaban J connectivity index is 1.84. The average Bonchev–Trinajstić information content (AvgIpc) is 2.36. The summed E-state index contributed by atoms with van der Waals surface area (Å²) in [5.74, 6) is 1.58.